The molecule has 4 N–H and O–H groups in total. The van der Waals surface area contributed by atoms with Gasteiger partial charge in [-0.15, -0.1) is 0 Å². The van der Waals surface area contributed by atoms with Crippen molar-refractivity contribution in [3.05, 3.63) is 22.8 Å². The first-order valence-electron chi connectivity index (χ1n) is 14.7. The van der Waals surface area contributed by atoms with Crippen LogP contribution in [0.25, 0.3) is 0 Å². The molecule has 4 saturated carbocycles. The molecule has 10 atom stereocenters. The summed E-state index contributed by atoms with van der Waals surface area (Å²) < 4.78 is 5.87. The third-order valence-corrected chi connectivity index (χ3v) is 11.6. The molecule has 0 spiro atoms. The lowest BCUT2D eigenvalue weighted by Crippen LogP contribution is -2.65. The van der Waals surface area contributed by atoms with Crippen LogP contribution in [0.5, 0.6) is 0 Å². The van der Waals surface area contributed by atoms with Gasteiger partial charge < -0.3 is 25.2 Å². The number of fused-ring (bicyclic) bond motifs is 5. The summed E-state index contributed by atoms with van der Waals surface area (Å²) in [5, 5.41) is 39.9. The van der Waals surface area contributed by atoms with Crippen LogP contribution in [-0.4, -0.2) is 57.8 Å². The van der Waals surface area contributed by atoms with Crippen molar-refractivity contribution in [2.45, 2.75) is 118 Å². The number of hydrogen-bond acceptors (Lipinski definition) is 6. The van der Waals surface area contributed by atoms with E-state index in [0.29, 0.717) is 37.2 Å². The summed E-state index contributed by atoms with van der Waals surface area (Å²) in [6, 6.07) is 0. The molecule has 7 nitrogen and oxygen atoms in total. The van der Waals surface area contributed by atoms with Gasteiger partial charge in [-0.25, -0.2) is 4.79 Å². The van der Waals surface area contributed by atoms with Crippen LogP contribution in [0.4, 0.5) is 0 Å². The van der Waals surface area contributed by atoms with E-state index in [1.165, 1.54) is 6.92 Å². The summed E-state index contributed by atoms with van der Waals surface area (Å²) in [6.45, 7) is 14.5. The van der Waals surface area contributed by atoms with Crippen LogP contribution in [0.3, 0.4) is 0 Å². The smallest absolute Gasteiger partial charge is 0.331 e. The van der Waals surface area contributed by atoms with Crippen molar-refractivity contribution < 1.29 is 34.8 Å². The Bertz CT molecular complexity index is 996. The number of aliphatic hydroxyl groups excluding tert-OH is 3. The van der Waals surface area contributed by atoms with E-state index in [-0.39, 0.29) is 40.1 Å². The average Bonchev–Trinajstić information content (AvgIpc) is 3.11. The lowest BCUT2D eigenvalue weighted by molar-refractivity contribution is -0.234. The summed E-state index contributed by atoms with van der Waals surface area (Å²) in [7, 11) is 1.00. The van der Waals surface area contributed by atoms with Crippen LogP contribution < -0.4 is 0 Å². The molecule has 7 heteroatoms. The van der Waals surface area contributed by atoms with Gasteiger partial charge in [-0.1, -0.05) is 39.3 Å². The molecule has 222 valence electrons. The Morgan fingerprint density at radius 1 is 1.00 bits per heavy atom. The van der Waals surface area contributed by atoms with Crippen LogP contribution in [0.1, 0.15) is 99.8 Å². The first-order valence-corrected chi connectivity index (χ1v) is 14.7. The number of hydrogen-bond donors (Lipinski definition) is 4. The highest BCUT2D eigenvalue weighted by atomic mass is 16.5. The van der Waals surface area contributed by atoms with Gasteiger partial charge in [0.2, 0.25) is 0 Å². The highest BCUT2D eigenvalue weighted by Gasteiger charge is 2.70. The number of allylic oxidation sites excluding steroid dienone is 2. The van der Waals surface area contributed by atoms with Crippen molar-refractivity contribution in [3.63, 3.8) is 0 Å². The molecule has 0 heterocycles. The highest BCUT2D eigenvalue weighted by molar-refractivity contribution is 5.88. The average molecular weight is 549 g/mol. The second kappa shape index (κ2) is 11.7. The number of ether oxygens (including phenoxy) is 1. The minimum absolute atomic E-state index is 0.0474. The third-order valence-electron chi connectivity index (χ3n) is 11.6. The van der Waals surface area contributed by atoms with E-state index in [0.717, 1.165) is 43.9 Å². The number of carboxylic acids is 1. The normalized spacial score (nSPS) is 44.0. The SMILES string of the molecule is CC(=O)O[C@H]1C[C@@]2(C)[C@@H](C[C@@H](O)[C@H]3[C@@]4(C)CC[C@@H](O)[C@@H](C)[C@@H]4CC[C@@]32C)/C1=C(\CCC=C(C)C)C(=O)O.CO. The van der Waals surface area contributed by atoms with Crippen LogP contribution in [0.15, 0.2) is 22.8 Å². The first-order chi connectivity index (χ1) is 18.2. The molecule has 4 aliphatic carbocycles. The molecule has 0 bridgehead atoms. The van der Waals surface area contributed by atoms with E-state index in [9.17, 15) is 24.9 Å². The number of aliphatic hydroxyl groups is 3. The zero-order valence-electron chi connectivity index (χ0n) is 25.3. The largest absolute Gasteiger partial charge is 0.478 e. The Balaban J connectivity index is 0.00000205. The zero-order chi connectivity index (χ0) is 29.5. The molecular weight excluding hydrogens is 496 g/mol. The number of carbonyl (C=O) groups is 2. The van der Waals surface area contributed by atoms with E-state index >= 15 is 0 Å². The van der Waals surface area contributed by atoms with Gasteiger partial charge in [-0.05, 0) is 111 Å². The minimum Gasteiger partial charge on any atom is -0.478 e. The number of carboxylic acid groups (broad SMARTS) is 1. The molecule has 0 amide bonds. The molecule has 39 heavy (non-hydrogen) atoms. The van der Waals surface area contributed by atoms with Gasteiger partial charge >= 0.3 is 11.9 Å². The van der Waals surface area contributed by atoms with Gasteiger partial charge in [0.1, 0.15) is 6.10 Å². The van der Waals surface area contributed by atoms with Gasteiger partial charge in [-0.2, -0.15) is 0 Å². The van der Waals surface area contributed by atoms with Gasteiger partial charge in [0.15, 0.2) is 0 Å². The molecule has 0 unspecified atom stereocenters. The second-order valence-corrected chi connectivity index (χ2v) is 13.6. The van der Waals surface area contributed by atoms with Gasteiger partial charge in [-0.3, -0.25) is 4.79 Å². The maximum atomic E-state index is 12.6. The highest BCUT2D eigenvalue weighted by Crippen LogP contribution is 2.74. The second-order valence-electron chi connectivity index (χ2n) is 13.6. The molecule has 0 radical (unpaired) electrons. The molecule has 0 aromatic heterocycles. The summed E-state index contributed by atoms with van der Waals surface area (Å²) >= 11 is 0. The van der Waals surface area contributed by atoms with E-state index in [4.69, 9.17) is 9.84 Å². The van der Waals surface area contributed by atoms with Gasteiger partial charge in [0.05, 0.1) is 12.2 Å². The summed E-state index contributed by atoms with van der Waals surface area (Å²) in [5.41, 5.74) is 1.57. The maximum Gasteiger partial charge on any atom is 0.331 e. The predicted molar refractivity (Wildman–Crippen MR) is 151 cm³/mol. The number of rotatable bonds is 5. The minimum atomic E-state index is -0.953. The summed E-state index contributed by atoms with van der Waals surface area (Å²) in [5.74, 6) is -0.909. The van der Waals surface area contributed by atoms with Crippen molar-refractivity contribution in [1.82, 2.24) is 0 Å². The Hall–Kier alpha value is -1.70. The van der Waals surface area contributed by atoms with Gasteiger partial charge in [0, 0.05) is 19.6 Å². The molecule has 4 rings (SSSR count). The fourth-order valence-electron chi connectivity index (χ4n) is 9.79. The lowest BCUT2D eigenvalue weighted by atomic mass is 9.36. The van der Waals surface area contributed by atoms with Crippen molar-refractivity contribution in [2.24, 2.45) is 39.9 Å². The van der Waals surface area contributed by atoms with Crippen molar-refractivity contribution in [1.29, 1.82) is 0 Å². The molecule has 0 saturated heterocycles. The Kier molecular flexibility index (Phi) is 9.51. The maximum absolute atomic E-state index is 12.6. The molecule has 0 aromatic rings. The molecule has 4 fully saturated rings. The fraction of sp³-hybridized carbons (Fsp3) is 0.812. The monoisotopic (exact) mass is 548 g/mol. The molecule has 0 aliphatic heterocycles. The lowest BCUT2D eigenvalue weighted by Gasteiger charge is -2.69. The molecule has 0 aromatic carbocycles. The van der Waals surface area contributed by atoms with Gasteiger partial charge in [0.25, 0.3) is 0 Å². The zero-order valence-corrected chi connectivity index (χ0v) is 25.3. The van der Waals surface area contributed by atoms with Crippen molar-refractivity contribution >= 4 is 11.9 Å². The van der Waals surface area contributed by atoms with Crippen LogP contribution >= 0.6 is 0 Å². The van der Waals surface area contributed by atoms with Crippen molar-refractivity contribution in [3.8, 4) is 0 Å². The van der Waals surface area contributed by atoms with Crippen LogP contribution in [0, 0.1) is 39.9 Å². The summed E-state index contributed by atoms with van der Waals surface area (Å²) in [4.78, 5) is 24.8. The quantitative estimate of drug-likeness (QED) is 0.209. The van der Waals surface area contributed by atoms with Crippen LogP contribution in [-0.2, 0) is 14.3 Å². The Morgan fingerprint density at radius 2 is 1.64 bits per heavy atom. The topological polar surface area (TPSA) is 124 Å². The van der Waals surface area contributed by atoms with E-state index in [1.54, 1.807) is 0 Å². The number of carbonyl (C=O) groups excluding carboxylic acids is 1. The van der Waals surface area contributed by atoms with E-state index in [1.807, 2.05) is 19.9 Å². The first kappa shape index (κ1) is 31.8. The Morgan fingerprint density at radius 3 is 2.21 bits per heavy atom. The fourth-order valence-corrected chi connectivity index (χ4v) is 9.79. The number of esters is 1. The molecular formula is C32H52O7. The molecule has 4 aliphatic rings. The Labute approximate surface area is 234 Å². The summed E-state index contributed by atoms with van der Waals surface area (Å²) in [6.07, 6.45) is 6.22. The number of aliphatic carboxylic acids is 1. The van der Waals surface area contributed by atoms with Crippen LogP contribution in [0.2, 0.25) is 0 Å². The standard InChI is InChI=1S/C31H48O6.CH4O/c1-17(2)9-8-10-20(28(35)36)26-22-15-24(34)27-29(5)13-12-23(33)18(3)21(29)11-14-30(27,6)31(22,7)16-25(26)37-19(4)32;1-2/h9,18,21-25,27,33-34H,8,10-16H2,1-7H3,(H,35,36);2H,1H3/b26-20-;/t18-,21-,22-,23+,24+,25-,27-,29-,30-,31-;/m0./s1. The predicted octanol–water partition coefficient (Wildman–Crippen LogP) is 5.27. The van der Waals surface area contributed by atoms with E-state index < -0.39 is 24.1 Å². The van der Waals surface area contributed by atoms with E-state index in [2.05, 4.69) is 27.7 Å². The van der Waals surface area contributed by atoms with Crippen molar-refractivity contribution in [2.75, 3.05) is 7.11 Å². The third kappa shape index (κ3) is 5.24.